The number of carbonyl (C=O) groups is 3. The normalized spacial score (nSPS) is 16.2. The van der Waals surface area contributed by atoms with E-state index in [2.05, 4.69) is 15.9 Å². The number of carbonyl (C=O) groups excluding carboxylic acids is 3. The Hall–Kier alpha value is -2.52. The van der Waals surface area contributed by atoms with Crippen molar-refractivity contribution in [1.82, 2.24) is 4.90 Å². The van der Waals surface area contributed by atoms with Crippen molar-refractivity contribution in [1.29, 1.82) is 0 Å². The first-order valence-corrected chi connectivity index (χ1v) is 12.6. The fraction of sp³-hybridized carbons (Fsp3) is 0.0417. The molecule has 0 spiro atoms. The molecule has 1 fully saturated rings. The third-order valence-corrected chi connectivity index (χ3v) is 7.87. The Morgan fingerprint density at radius 3 is 2.45 bits per heavy atom. The minimum atomic E-state index is -0.479. The molecule has 3 amide bonds. The zero-order valence-electron chi connectivity index (χ0n) is 16.8. The minimum Gasteiger partial charge on any atom is -0.277 e. The summed E-state index contributed by atoms with van der Waals surface area (Å²) in [5.41, 5.74) is 2.12. The number of para-hydroxylation sites is 1. The van der Waals surface area contributed by atoms with Gasteiger partial charge in [-0.3, -0.25) is 24.2 Å². The average molecular weight is 558 g/mol. The van der Waals surface area contributed by atoms with Crippen LogP contribution in [0, 0.1) is 0 Å². The van der Waals surface area contributed by atoms with E-state index >= 15 is 0 Å². The quantitative estimate of drug-likeness (QED) is 0.326. The lowest BCUT2D eigenvalue weighted by molar-refractivity contribution is -0.127. The molecule has 5 rings (SSSR count). The summed E-state index contributed by atoms with van der Waals surface area (Å²) in [5.74, 6) is -0.870. The van der Waals surface area contributed by atoms with Gasteiger partial charge < -0.3 is 0 Å². The number of imide groups is 1. The number of anilines is 2. The first-order chi connectivity index (χ1) is 15.9. The summed E-state index contributed by atoms with van der Waals surface area (Å²) in [6, 6.07) is 20.3. The minimum absolute atomic E-state index is 0.285. The number of thioether (sulfide) groups is 1. The standard InChI is InChI=1S/C24H14BrClN2O3S2/c25-15-7-5-14(6-8-15)11-21-23(30)27(24(31)33-21)13-22(29)28-17-3-1-2-4-19(17)32-20-10-9-16(26)12-18(20)28/h1-12H,13H2/b21-11-. The maximum absolute atomic E-state index is 13.5. The molecule has 3 aromatic rings. The number of hydrogen-bond donors (Lipinski definition) is 0. The summed E-state index contributed by atoms with van der Waals surface area (Å²) < 4.78 is 0.915. The number of nitrogens with zero attached hydrogens (tertiary/aromatic N) is 2. The van der Waals surface area contributed by atoms with Crippen LogP contribution in [0.2, 0.25) is 5.02 Å². The molecule has 33 heavy (non-hydrogen) atoms. The van der Waals surface area contributed by atoms with Crippen LogP contribution in [-0.4, -0.2) is 28.5 Å². The average Bonchev–Trinajstić information content (AvgIpc) is 3.06. The summed E-state index contributed by atoms with van der Waals surface area (Å²) in [5, 5.41) is 0.0258. The molecule has 0 aliphatic carbocycles. The molecule has 0 bridgehead atoms. The van der Waals surface area contributed by atoms with Crippen LogP contribution in [0.4, 0.5) is 16.2 Å². The van der Waals surface area contributed by atoms with Crippen LogP contribution < -0.4 is 4.90 Å². The van der Waals surface area contributed by atoms with Gasteiger partial charge in [-0.25, -0.2) is 0 Å². The van der Waals surface area contributed by atoms with E-state index in [0.717, 1.165) is 36.5 Å². The Morgan fingerprint density at radius 2 is 1.67 bits per heavy atom. The van der Waals surface area contributed by atoms with E-state index in [4.69, 9.17) is 11.6 Å². The molecule has 9 heteroatoms. The van der Waals surface area contributed by atoms with Crippen molar-refractivity contribution < 1.29 is 14.4 Å². The van der Waals surface area contributed by atoms with Crippen molar-refractivity contribution in [2.45, 2.75) is 9.79 Å². The molecule has 0 atom stereocenters. The van der Waals surface area contributed by atoms with Crippen LogP contribution in [0.1, 0.15) is 5.56 Å². The Bertz CT molecular complexity index is 1340. The van der Waals surface area contributed by atoms with Gasteiger partial charge in [0.2, 0.25) is 0 Å². The van der Waals surface area contributed by atoms with E-state index in [1.807, 2.05) is 54.6 Å². The van der Waals surface area contributed by atoms with Gasteiger partial charge in [0.1, 0.15) is 6.54 Å². The van der Waals surface area contributed by atoms with Gasteiger partial charge in [-0.05, 0) is 65.9 Å². The molecule has 5 nitrogen and oxygen atoms in total. The van der Waals surface area contributed by atoms with Crippen LogP contribution in [-0.2, 0) is 9.59 Å². The number of fused-ring (bicyclic) bond motifs is 2. The summed E-state index contributed by atoms with van der Waals surface area (Å²) in [6.07, 6.45) is 1.66. The van der Waals surface area contributed by atoms with Gasteiger partial charge in [0, 0.05) is 19.3 Å². The number of halogens is 2. The topological polar surface area (TPSA) is 57.7 Å². The summed E-state index contributed by atoms with van der Waals surface area (Å²) in [4.78, 5) is 43.7. The van der Waals surface area contributed by atoms with Crippen LogP contribution in [0.5, 0.6) is 0 Å². The Balaban J connectivity index is 1.44. The van der Waals surface area contributed by atoms with Crippen molar-refractivity contribution in [3.05, 3.63) is 86.7 Å². The lowest BCUT2D eigenvalue weighted by Crippen LogP contribution is -2.41. The first-order valence-electron chi connectivity index (χ1n) is 9.81. The lowest BCUT2D eigenvalue weighted by atomic mass is 10.2. The molecule has 2 aliphatic rings. The second kappa shape index (κ2) is 9.02. The highest BCUT2D eigenvalue weighted by atomic mass is 79.9. The highest BCUT2D eigenvalue weighted by molar-refractivity contribution is 9.10. The van der Waals surface area contributed by atoms with Crippen LogP contribution >= 0.6 is 51.1 Å². The lowest BCUT2D eigenvalue weighted by Gasteiger charge is -2.32. The Labute approximate surface area is 211 Å². The van der Waals surface area contributed by atoms with Gasteiger partial charge in [-0.1, -0.05) is 63.6 Å². The van der Waals surface area contributed by atoms with Crippen molar-refractivity contribution in [2.24, 2.45) is 0 Å². The smallest absolute Gasteiger partial charge is 0.277 e. The molecule has 0 N–H and O–H groups in total. The molecule has 0 aromatic heterocycles. The van der Waals surface area contributed by atoms with Crippen LogP contribution in [0.25, 0.3) is 6.08 Å². The van der Waals surface area contributed by atoms with E-state index in [1.54, 1.807) is 30.0 Å². The maximum atomic E-state index is 13.5. The molecule has 2 heterocycles. The maximum Gasteiger partial charge on any atom is 0.294 e. The van der Waals surface area contributed by atoms with Gasteiger partial charge in [-0.15, -0.1) is 0 Å². The van der Waals surface area contributed by atoms with Gasteiger partial charge in [0.05, 0.1) is 16.3 Å². The Morgan fingerprint density at radius 1 is 0.939 bits per heavy atom. The van der Waals surface area contributed by atoms with Crippen molar-refractivity contribution in [3.8, 4) is 0 Å². The number of amides is 3. The first kappa shape index (κ1) is 22.3. The van der Waals surface area contributed by atoms with Crippen molar-refractivity contribution >= 4 is 85.6 Å². The highest BCUT2D eigenvalue weighted by Crippen LogP contribution is 2.49. The zero-order valence-corrected chi connectivity index (χ0v) is 20.8. The second-order valence-electron chi connectivity index (χ2n) is 7.23. The monoisotopic (exact) mass is 556 g/mol. The fourth-order valence-electron chi connectivity index (χ4n) is 3.55. The van der Waals surface area contributed by atoms with Crippen LogP contribution in [0.3, 0.4) is 0 Å². The number of benzene rings is 3. The van der Waals surface area contributed by atoms with Gasteiger partial charge in [0.25, 0.3) is 17.1 Å². The van der Waals surface area contributed by atoms with E-state index in [9.17, 15) is 14.4 Å². The predicted octanol–water partition coefficient (Wildman–Crippen LogP) is 6.97. The zero-order chi connectivity index (χ0) is 23.1. The number of hydrogen-bond acceptors (Lipinski definition) is 5. The molecular weight excluding hydrogens is 544 g/mol. The molecule has 0 unspecified atom stereocenters. The fourth-order valence-corrected chi connectivity index (χ4v) is 5.86. The summed E-state index contributed by atoms with van der Waals surface area (Å²) in [7, 11) is 0. The second-order valence-corrected chi connectivity index (χ2v) is 10.7. The van der Waals surface area contributed by atoms with E-state index in [-0.39, 0.29) is 11.4 Å². The summed E-state index contributed by atoms with van der Waals surface area (Å²) >= 11 is 12.0. The van der Waals surface area contributed by atoms with Crippen LogP contribution in [0.15, 0.2) is 85.9 Å². The largest absolute Gasteiger partial charge is 0.294 e. The Kier molecular flexibility index (Phi) is 6.09. The SMILES string of the molecule is O=C1S/C(=C\c2ccc(Br)cc2)C(=O)N1CC(=O)N1c2ccccc2Sc2ccc(Cl)cc21. The molecular formula is C24H14BrClN2O3S2. The van der Waals surface area contributed by atoms with Gasteiger partial charge in [0.15, 0.2) is 0 Å². The molecule has 1 saturated heterocycles. The van der Waals surface area contributed by atoms with E-state index in [1.165, 1.54) is 4.90 Å². The molecule has 164 valence electrons. The molecule has 2 aliphatic heterocycles. The van der Waals surface area contributed by atoms with Gasteiger partial charge in [-0.2, -0.15) is 0 Å². The van der Waals surface area contributed by atoms with Gasteiger partial charge >= 0.3 is 0 Å². The predicted molar refractivity (Wildman–Crippen MR) is 136 cm³/mol. The van der Waals surface area contributed by atoms with Crippen molar-refractivity contribution in [3.63, 3.8) is 0 Å². The number of rotatable bonds is 3. The molecule has 0 saturated carbocycles. The van der Waals surface area contributed by atoms with Crippen molar-refractivity contribution in [2.75, 3.05) is 11.4 Å². The molecule has 0 radical (unpaired) electrons. The molecule has 3 aromatic carbocycles. The third-order valence-electron chi connectivity index (χ3n) is 5.07. The van der Waals surface area contributed by atoms with E-state index < -0.39 is 17.1 Å². The summed E-state index contributed by atoms with van der Waals surface area (Å²) in [6.45, 7) is -0.368. The highest BCUT2D eigenvalue weighted by Gasteiger charge is 2.38. The third kappa shape index (κ3) is 4.36. The van der Waals surface area contributed by atoms with E-state index in [0.29, 0.717) is 16.4 Å².